The highest BCUT2D eigenvalue weighted by atomic mass is 19.1. The summed E-state index contributed by atoms with van der Waals surface area (Å²) in [6.07, 6.45) is 14.4. The van der Waals surface area contributed by atoms with Crippen molar-refractivity contribution >= 4 is 0 Å². The van der Waals surface area contributed by atoms with Crippen molar-refractivity contribution in [2.24, 2.45) is 29.6 Å². The molecule has 0 heterocycles. The first-order valence-corrected chi connectivity index (χ1v) is 11.5. The van der Waals surface area contributed by atoms with Gasteiger partial charge in [0.1, 0.15) is 23.3 Å². The fraction of sp³-hybridized carbons (Fsp3) is 0.720. The van der Waals surface area contributed by atoms with Crippen LogP contribution >= 0.6 is 0 Å². The summed E-state index contributed by atoms with van der Waals surface area (Å²) in [7, 11) is 0. The van der Waals surface area contributed by atoms with E-state index < -0.39 is 17.2 Å². The number of nitrogens with zero attached hydrogens (tertiary/aromatic N) is 1. The first-order chi connectivity index (χ1) is 13.6. The van der Waals surface area contributed by atoms with Crippen LogP contribution in [0.4, 0.5) is 8.78 Å². The number of benzene rings is 1. The lowest BCUT2D eigenvalue weighted by Crippen LogP contribution is -2.34. The number of hydrogen-bond acceptors (Lipinski definition) is 1. The Labute approximate surface area is 168 Å². The predicted octanol–water partition coefficient (Wildman–Crippen LogP) is 7.35. The summed E-state index contributed by atoms with van der Waals surface area (Å²) < 4.78 is 28.1. The van der Waals surface area contributed by atoms with Crippen LogP contribution in [0.5, 0.6) is 0 Å². The molecule has 1 aromatic rings. The van der Waals surface area contributed by atoms with Gasteiger partial charge in [0.25, 0.3) is 0 Å². The van der Waals surface area contributed by atoms with Crippen LogP contribution in [-0.2, 0) is 0 Å². The number of halogens is 2. The van der Waals surface area contributed by atoms with Crippen LogP contribution in [-0.4, -0.2) is 0 Å². The van der Waals surface area contributed by atoms with Crippen LogP contribution in [0, 0.1) is 52.6 Å². The third-order valence-electron chi connectivity index (χ3n) is 8.44. The predicted molar refractivity (Wildman–Crippen MR) is 108 cm³/mol. The van der Waals surface area contributed by atoms with Gasteiger partial charge in [0.15, 0.2) is 0 Å². The van der Waals surface area contributed by atoms with E-state index in [0.29, 0.717) is 5.92 Å². The Morgan fingerprint density at radius 3 is 1.96 bits per heavy atom. The van der Waals surface area contributed by atoms with E-state index in [1.165, 1.54) is 69.9 Å². The van der Waals surface area contributed by atoms with Gasteiger partial charge in [-0.3, -0.25) is 0 Å². The van der Waals surface area contributed by atoms with E-state index in [2.05, 4.69) is 6.92 Å². The van der Waals surface area contributed by atoms with Crippen LogP contribution < -0.4 is 0 Å². The van der Waals surface area contributed by atoms with Crippen LogP contribution in [0.3, 0.4) is 0 Å². The third-order valence-corrected chi connectivity index (χ3v) is 8.44. The number of fused-ring (bicyclic) bond motifs is 1. The molecular formula is C25H33F2N. The molecule has 0 radical (unpaired) electrons. The highest BCUT2D eigenvalue weighted by Gasteiger charge is 2.39. The second kappa shape index (κ2) is 8.52. The van der Waals surface area contributed by atoms with Crippen molar-refractivity contribution in [3.8, 4) is 6.07 Å². The molecule has 0 saturated heterocycles. The van der Waals surface area contributed by atoms with Gasteiger partial charge >= 0.3 is 0 Å². The molecule has 3 fully saturated rings. The van der Waals surface area contributed by atoms with Crippen molar-refractivity contribution in [1.29, 1.82) is 5.26 Å². The lowest BCUT2D eigenvalue weighted by Gasteiger charge is -2.45. The fourth-order valence-corrected chi connectivity index (χ4v) is 6.66. The van der Waals surface area contributed by atoms with Gasteiger partial charge in [-0.2, -0.15) is 5.26 Å². The van der Waals surface area contributed by atoms with Gasteiger partial charge < -0.3 is 0 Å². The molecule has 28 heavy (non-hydrogen) atoms. The van der Waals surface area contributed by atoms with Crippen molar-refractivity contribution in [3.05, 3.63) is 34.9 Å². The lowest BCUT2D eigenvalue weighted by atomic mass is 9.60. The molecule has 1 aromatic carbocycles. The second-order valence-electron chi connectivity index (χ2n) is 9.76. The normalized spacial score (nSPS) is 35.8. The van der Waals surface area contributed by atoms with Crippen LogP contribution in [0.15, 0.2) is 12.1 Å². The van der Waals surface area contributed by atoms with Gasteiger partial charge in [-0.15, -0.1) is 0 Å². The van der Waals surface area contributed by atoms with Crippen molar-refractivity contribution in [1.82, 2.24) is 0 Å². The van der Waals surface area contributed by atoms with Crippen molar-refractivity contribution < 1.29 is 8.78 Å². The summed E-state index contributed by atoms with van der Waals surface area (Å²) in [5.41, 5.74) is 0.309. The van der Waals surface area contributed by atoms with Crippen LogP contribution in [0.2, 0.25) is 0 Å². The zero-order chi connectivity index (χ0) is 19.7. The highest BCUT2D eigenvalue weighted by molar-refractivity contribution is 5.36. The van der Waals surface area contributed by atoms with Crippen molar-refractivity contribution in [3.63, 3.8) is 0 Å². The standard InChI is InChI=1S/C25H33F2N/c1-2-16-3-5-17(6-4-16)18-7-8-20-12-21(10-9-19(20)11-18)22-13-24(26)23(15-28)25(27)14-22/h13-14,16-21H,2-12H2,1H3. The average molecular weight is 386 g/mol. The largest absolute Gasteiger partial charge is 0.205 e. The Balaban J connectivity index is 1.36. The first kappa shape index (κ1) is 19.9. The molecule has 152 valence electrons. The minimum atomic E-state index is -0.703. The SMILES string of the molecule is CCC1CCC(C2CCC3CC(c4cc(F)c(C#N)c(F)c4)CCC3C2)CC1. The van der Waals surface area contributed by atoms with Gasteiger partial charge in [0, 0.05) is 0 Å². The quantitative estimate of drug-likeness (QED) is 0.533. The first-order valence-electron chi connectivity index (χ1n) is 11.5. The Morgan fingerprint density at radius 2 is 1.36 bits per heavy atom. The lowest BCUT2D eigenvalue weighted by molar-refractivity contribution is 0.0716. The Kier molecular flexibility index (Phi) is 6.04. The van der Waals surface area contributed by atoms with Gasteiger partial charge in [0.05, 0.1) is 0 Å². The van der Waals surface area contributed by atoms with E-state index in [-0.39, 0.29) is 5.92 Å². The van der Waals surface area contributed by atoms with Crippen LogP contribution in [0.25, 0.3) is 0 Å². The van der Waals surface area contributed by atoms with Gasteiger partial charge in [0.2, 0.25) is 0 Å². The summed E-state index contributed by atoms with van der Waals surface area (Å²) in [6, 6.07) is 4.45. The molecule has 3 saturated carbocycles. The minimum absolute atomic E-state index is 0.245. The van der Waals surface area contributed by atoms with E-state index in [1.54, 1.807) is 6.07 Å². The fourth-order valence-electron chi connectivity index (χ4n) is 6.66. The van der Waals surface area contributed by atoms with Gasteiger partial charge in [-0.05, 0) is 105 Å². The summed E-state index contributed by atoms with van der Waals surface area (Å²) in [5.74, 6) is 3.20. The van der Waals surface area contributed by atoms with Crippen molar-refractivity contribution in [2.75, 3.05) is 0 Å². The zero-order valence-electron chi connectivity index (χ0n) is 17.1. The van der Waals surface area contributed by atoms with Crippen molar-refractivity contribution in [2.45, 2.75) is 83.5 Å². The molecular weight excluding hydrogens is 352 g/mol. The Morgan fingerprint density at radius 1 is 0.821 bits per heavy atom. The van der Waals surface area contributed by atoms with E-state index in [1.807, 2.05) is 0 Å². The molecule has 4 atom stereocenters. The maximum atomic E-state index is 14.0. The second-order valence-corrected chi connectivity index (χ2v) is 9.76. The molecule has 0 amide bonds. The molecule has 0 aromatic heterocycles. The molecule has 0 N–H and O–H groups in total. The summed E-state index contributed by atoms with van der Waals surface area (Å²) in [4.78, 5) is 0. The number of rotatable bonds is 3. The molecule has 0 aliphatic heterocycles. The monoisotopic (exact) mass is 385 g/mol. The molecule has 3 aliphatic carbocycles. The van der Waals surface area contributed by atoms with E-state index in [4.69, 9.17) is 5.26 Å². The molecule has 4 unspecified atom stereocenters. The van der Waals surface area contributed by atoms with Gasteiger partial charge in [-0.25, -0.2) is 8.78 Å². The Bertz CT molecular complexity index is 706. The maximum Gasteiger partial charge on any atom is 0.144 e. The molecule has 3 aliphatic rings. The molecule has 4 rings (SSSR count). The minimum Gasteiger partial charge on any atom is -0.205 e. The van der Waals surface area contributed by atoms with E-state index >= 15 is 0 Å². The number of nitriles is 1. The van der Waals surface area contributed by atoms with E-state index in [9.17, 15) is 8.78 Å². The topological polar surface area (TPSA) is 23.8 Å². The molecule has 0 spiro atoms. The Hall–Kier alpha value is -1.43. The smallest absolute Gasteiger partial charge is 0.144 e. The zero-order valence-corrected chi connectivity index (χ0v) is 17.1. The molecule has 0 bridgehead atoms. The maximum absolute atomic E-state index is 14.0. The molecule has 3 heteroatoms. The van der Waals surface area contributed by atoms with Crippen LogP contribution in [0.1, 0.15) is 94.6 Å². The summed E-state index contributed by atoms with van der Waals surface area (Å²) >= 11 is 0. The van der Waals surface area contributed by atoms with E-state index in [0.717, 1.165) is 42.1 Å². The molecule has 1 nitrogen and oxygen atoms in total. The van der Waals surface area contributed by atoms with Gasteiger partial charge in [-0.1, -0.05) is 26.2 Å². The average Bonchev–Trinajstić information content (AvgIpc) is 2.73. The highest BCUT2D eigenvalue weighted by Crippen LogP contribution is 2.51. The summed E-state index contributed by atoms with van der Waals surface area (Å²) in [5, 5.41) is 8.89. The number of hydrogen-bond donors (Lipinski definition) is 0. The summed E-state index contributed by atoms with van der Waals surface area (Å²) in [6.45, 7) is 2.33. The third kappa shape index (κ3) is 3.98.